The van der Waals surface area contributed by atoms with Gasteiger partial charge in [-0.05, 0) is 54.8 Å². The maximum absolute atomic E-state index is 11.2. The third-order valence-electron chi connectivity index (χ3n) is 3.38. The van der Waals surface area contributed by atoms with Gasteiger partial charge in [-0.25, -0.2) is 0 Å². The summed E-state index contributed by atoms with van der Waals surface area (Å²) in [6, 6.07) is 12.5. The van der Waals surface area contributed by atoms with E-state index in [-0.39, 0.29) is 5.97 Å². The molecule has 2 rings (SSSR count). The summed E-state index contributed by atoms with van der Waals surface area (Å²) in [5.41, 5.74) is 2.53. The van der Waals surface area contributed by atoms with Crippen molar-refractivity contribution in [3.05, 3.63) is 58.1 Å². The third kappa shape index (κ3) is 4.73. The Morgan fingerprint density at radius 3 is 2.65 bits per heavy atom. The van der Waals surface area contributed by atoms with Gasteiger partial charge in [-0.3, -0.25) is 4.79 Å². The minimum atomic E-state index is -0.229. The highest BCUT2D eigenvalue weighted by molar-refractivity contribution is 6.30. The van der Waals surface area contributed by atoms with Crippen molar-refractivity contribution in [2.45, 2.75) is 19.8 Å². The van der Waals surface area contributed by atoms with E-state index in [4.69, 9.17) is 21.6 Å². The van der Waals surface area contributed by atoms with Crippen molar-refractivity contribution in [3.8, 4) is 17.6 Å². The molecule has 0 N–H and O–H groups in total. The van der Waals surface area contributed by atoms with E-state index in [1.54, 1.807) is 18.2 Å². The fourth-order valence-corrected chi connectivity index (χ4v) is 2.40. The van der Waals surface area contributed by atoms with Crippen LogP contribution in [0.5, 0.6) is 11.5 Å². The summed E-state index contributed by atoms with van der Waals surface area (Å²) in [5, 5.41) is 9.40. The smallest absolute Gasteiger partial charge is 0.305 e. The molecule has 2 aromatic rings. The number of hydrogen-bond donors (Lipinski definition) is 0. The van der Waals surface area contributed by atoms with Gasteiger partial charge in [0.2, 0.25) is 0 Å². The highest BCUT2D eigenvalue weighted by atomic mass is 35.5. The number of esters is 1. The van der Waals surface area contributed by atoms with Gasteiger partial charge in [-0.15, -0.1) is 0 Å². The number of methoxy groups -OCH3 is 1. The Kier molecular flexibility index (Phi) is 5.61. The Morgan fingerprint density at radius 1 is 1.22 bits per heavy atom. The quantitative estimate of drug-likeness (QED) is 0.762. The molecule has 23 heavy (non-hydrogen) atoms. The standard InChI is InChI=1S/C18H16ClNO3/c1-12-7-16(5-3-14(12)4-6-18(21)22-2)23-17-9-13(11-20)8-15(19)10-17/h3,5,7-10H,4,6H2,1-2H3. The van der Waals surface area contributed by atoms with Gasteiger partial charge >= 0.3 is 5.97 Å². The molecule has 0 saturated carbocycles. The fraction of sp³-hybridized carbons (Fsp3) is 0.222. The lowest BCUT2D eigenvalue weighted by Gasteiger charge is -2.10. The molecule has 0 aliphatic rings. The van der Waals surface area contributed by atoms with Gasteiger partial charge in [0.15, 0.2) is 0 Å². The maximum atomic E-state index is 11.2. The monoisotopic (exact) mass is 329 g/mol. The molecule has 0 heterocycles. The van der Waals surface area contributed by atoms with Crippen molar-refractivity contribution in [2.75, 3.05) is 7.11 Å². The first-order valence-corrected chi connectivity index (χ1v) is 7.44. The van der Waals surface area contributed by atoms with Crippen LogP contribution in [0.1, 0.15) is 23.1 Å². The Morgan fingerprint density at radius 2 is 2.00 bits per heavy atom. The number of hydrogen-bond acceptors (Lipinski definition) is 4. The first-order chi connectivity index (χ1) is 11.0. The molecule has 4 nitrogen and oxygen atoms in total. The average molecular weight is 330 g/mol. The van der Waals surface area contributed by atoms with Gasteiger partial charge in [-0.2, -0.15) is 5.26 Å². The zero-order valence-electron chi connectivity index (χ0n) is 12.9. The van der Waals surface area contributed by atoms with E-state index in [0.717, 1.165) is 11.1 Å². The van der Waals surface area contributed by atoms with Gasteiger partial charge < -0.3 is 9.47 Å². The number of carbonyl (C=O) groups is 1. The molecule has 0 unspecified atom stereocenters. The van der Waals surface area contributed by atoms with Crippen LogP contribution in [-0.4, -0.2) is 13.1 Å². The molecule has 0 amide bonds. The fourth-order valence-electron chi connectivity index (χ4n) is 2.17. The van der Waals surface area contributed by atoms with E-state index in [2.05, 4.69) is 4.74 Å². The second-order valence-corrected chi connectivity index (χ2v) is 5.49. The van der Waals surface area contributed by atoms with E-state index in [1.165, 1.54) is 7.11 Å². The molecule has 0 bridgehead atoms. The summed E-state index contributed by atoms with van der Waals surface area (Å²) in [5.74, 6) is 0.930. The zero-order chi connectivity index (χ0) is 16.8. The van der Waals surface area contributed by atoms with Crippen molar-refractivity contribution in [2.24, 2.45) is 0 Å². The number of nitriles is 1. The van der Waals surface area contributed by atoms with Crippen molar-refractivity contribution < 1.29 is 14.3 Å². The molecule has 0 radical (unpaired) electrons. The molecular formula is C18H16ClNO3. The van der Waals surface area contributed by atoms with Crippen molar-refractivity contribution in [1.82, 2.24) is 0 Å². The Labute approximate surface area is 140 Å². The molecule has 2 aromatic carbocycles. The van der Waals surface area contributed by atoms with Crippen LogP contribution >= 0.6 is 11.6 Å². The van der Waals surface area contributed by atoms with Crippen LogP contribution < -0.4 is 4.74 Å². The van der Waals surface area contributed by atoms with Gasteiger partial charge in [0.1, 0.15) is 11.5 Å². The topological polar surface area (TPSA) is 59.3 Å². The minimum Gasteiger partial charge on any atom is -0.469 e. The lowest BCUT2D eigenvalue weighted by Crippen LogP contribution is -2.02. The molecule has 0 saturated heterocycles. The summed E-state index contributed by atoms with van der Waals surface area (Å²) in [6.07, 6.45) is 0.964. The third-order valence-corrected chi connectivity index (χ3v) is 3.59. The van der Waals surface area contributed by atoms with E-state index in [9.17, 15) is 4.79 Å². The van der Waals surface area contributed by atoms with Crippen LogP contribution in [0, 0.1) is 18.3 Å². The molecule has 0 aromatic heterocycles. The number of halogens is 1. The van der Waals surface area contributed by atoms with Crippen LogP contribution in [0.2, 0.25) is 5.02 Å². The minimum absolute atomic E-state index is 0.229. The number of nitrogens with zero attached hydrogens (tertiary/aromatic N) is 1. The zero-order valence-corrected chi connectivity index (χ0v) is 13.7. The van der Waals surface area contributed by atoms with E-state index >= 15 is 0 Å². The predicted octanol–water partition coefficient (Wildman–Crippen LogP) is 4.42. The van der Waals surface area contributed by atoms with Crippen molar-refractivity contribution in [1.29, 1.82) is 5.26 Å². The number of carbonyl (C=O) groups excluding carboxylic acids is 1. The summed E-state index contributed by atoms with van der Waals surface area (Å²) in [7, 11) is 1.38. The number of rotatable bonds is 5. The maximum Gasteiger partial charge on any atom is 0.305 e. The molecule has 118 valence electrons. The lowest BCUT2D eigenvalue weighted by molar-refractivity contribution is -0.140. The van der Waals surface area contributed by atoms with Crippen LogP contribution in [0.3, 0.4) is 0 Å². The first-order valence-electron chi connectivity index (χ1n) is 7.06. The Balaban J connectivity index is 2.13. The lowest BCUT2D eigenvalue weighted by atomic mass is 10.0. The number of ether oxygens (including phenoxy) is 2. The molecule has 0 spiro atoms. The van der Waals surface area contributed by atoms with Crippen LogP contribution in [0.4, 0.5) is 0 Å². The van der Waals surface area contributed by atoms with Gasteiger partial charge in [-0.1, -0.05) is 17.7 Å². The van der Waals surface area contributed by atoms with E-state index < -0.39 is 0 Å². The average Bonchev–Trinajstić information content (AvgIpc) is 2.53. The van der Waals surface area contributed by atoms with Crippen molar-refractivity contribution >= 4 is 17.6 Å². The highest BCUT2D eigenvalue weighted by Crippen LogP contribution is 2.27. The summed E-state index contributed by atoms with van der Waals surface area (Å²) in [6.45, 7) is 1.96. The number of aryl methyl sites for hydroxylation is 2. The molecule has 0 aliphatic carbocycles. The molecular weight excluding hydrogens is 314 g/mol. The summed E-state index contributed by atoms with van der Waals surface area (Å²) >= 11 is 5.96. The second kappa shape index (κ2) is 7.66. The van der Waals surface area contributed by atoms with Crippen molar-refractivity contribution in [3.63, 3.8) is 0 Å². The SMILES string of the molecule is COC(=O)CCc1ccc(Oc2cc(Cl)cc(C#N)c2)cc1C. The highest BCUT2D eigenvalue weighted by Gasteiger charge is 2.07. The Bertz CT molecular complexity index is 765. The largest absolute Gasteiger partial charge is 0.469 e. The first kappa shape index (κ1) is 16.9. The van der Waals surface area contributed by atoms with Crippen LogP contribution in [0.25, 0.3) is 0 Å². The molecule has 0 aliphatic heterocycles. The summed E-state index contributed by atoms with van der Waals surface area (Å²) < 4.78 is 10.4. The summed E-state index contributed by atoms with van der Waals surface area (Å²) in [4.78, 5) is 11.2. The molecule has 0 atom stereocenters. The second-order valence-electron chi connectivity index (χ2n) is 5.05. The van der Waals surface area contributed by atoms with Crippen LogP contribution in [-0.2, 0) is 16.0 Å². The van der Waals surface area contributed by atoms with E-state index in [1.807, 2.05) is 31.2 Å². The Hall–Kier alpha value is -2.51. The molecule has 0 fully saturated rings. The number of benzene rings is 2. The molecule has 5 heteroatoms. The van der Waals surface area contributed by atoms with Gasteiger partial charge in [0.25, 0.3) is 0 Å². The predicted molar refractivity (Wildman–Crippen MR) is 87.8 cm³/mol. The van der Waals surface area contributed by atoms with Gasteiger partial charge in [0.05, 0.1) is 18.7 Å². The van der Waals surface area contributed by atoms with Gasteiger partial charge in [0, 0.05) is 11.4 Å². The normalized spacial score (nSPS) is 10.0. The van der Waals surface area contributed by atoms with E-state index in [0.29, 0.717) is 34.9 Å². The van der Waals surface area contributed by atoms with Crippen LogP contribution in [0.15, 0.2) is 36.4 Å².